The average molecular weight is 245 g/mol. The molecule has 0 N–H and O–H groups in total. The van der Waals surface area contributed by atoms with Crippen molar-refractivity contribution in [2.24, 2.45) is 0 Å². The molecule has 0 aliphatic heterocycles. The minimum absolute atomic E-state index is 0.216. The number of nitrogens with zero attached hydrogens (tertiary/aromatic N) is 1. The van der Waals surface area contributed by atoms with E-state index in [2.05, 4.69) is 11.9 Å². The van der Waals surface area contributed by atoms with Crippen LogP contribution in [0, 0.1) is 5.82 Å². The van der Waals surface area contributed by atoms with Crippen molar-refractivity contribution in [1.82, 2.24) is 4.98 Å². The molecular weight excluding hydrogens is 229 g/mol. The Hall–Kier alpha value is -1.90. The van der Waals surface area contributed by atoms with E-state index in [1.54, 1.807) is 24.5 Å². The first-order valence-electron chi connectivity index (χ1n) is 6.09. The van der Waals surface area contributed by atoms with Gasteiger partial charge < -0.3 is 4.74 Å². The van der Waals surface area contributed by atoms with E-state index in [9.17, 15) is 4.39 Å². The Morgan fingerprint density at radius 2 is 2.17 bits per heavy atom. The number of benzene rings is 1. The maximum absolute atomic E-state index is 13.2. The van der Waals surface area contributed by atoms with Crippen LogP contribution in [-0.2, 0) is 13.0 Å². The number of aromatic nitrogens is 1. The zero-order valence-electron chi connectivity index (χ0n) is 10.4. The molecule has 0 saturated heterocycles. The van der Waals surface area contributed by atoms with Gasteiger partial charge in [-0.1, -0.05) is 19.4 Å². The van der Waals surface area contributed by atoms with Crippen molar-refractivity contribution in [2.45, 2.75) is 26.4 Å². The standard InChI is InChI=1S/C15H16FNO/c1-2-4-13-9-14(16)6-7-15(13)18-11-12-5-3-8-17-10-12/h3,5-10H,2,4,11H2,1H3. The van der Waals surface area contributed by atoms with Crippen LogP contribution < -0.4 is 4.74 Å². The van der Waals surface area contributed by atoms with Crippen LogP contribution in [0.4, 0.5) is 4.39 Å². The molecule has 0 aliphatic carbocycles. The fraction of sp³-hybridized carbons (Fsp3) is 0.267. The van der Waals surface area contributed by atoms with Crippen molar-refractivity contribution in [3.63, 3.8) is 0 Å². The topological polar surface area (TPSA) is 22.1 Å². The van der Waals surface area contributed by atoms with Gasteiger partial charge in [-0.05, 0) is 36.2 Å². The molecule has 1 heterocycles. The Kier molecular flexibility index (Phi) is 4.29. The van der Waals surface area contributed by atoms with Crippen LogP contribution in [0.1, 0.15) is 24.5 Å². The monoisotopic (exact) mass is 245 g/mol. The predicted molar refractivity (Wildman–Crippen MR) is 69.0 cm³/mol. The third kappa shape index (κ3) is 3.29. The number of hydrogen-bond donors (Lipinski definition) is 0. The van der Waals surface area contributed by atoms with Crippen molar-refractivity contribution in [3.8, 4) is 5.75 Å². The molecule has 0 atom stereocenters. The van der Waals surface area contributed by atoms with Crippen molar-refractivity contribution in [1.29, 1.82) is 0 Å². The van der Waals surface area contributed by atoms with Crippen molar-refractivity contribution in [2.75, 3.05) is 0 Å². The first kappa shape index (κ1) is 12.6. The lowest BCUT2D eigenvalue weighted by Crippen LogP contribution is -1.99. The van der Waals surface area contributed by atoms with Gasteiger partial charge in [-0.15, -0.1) is 0 Å². The van der Waals surface area contributed by atoms with Crippen LogP contribution >= 0.6 is 0 Å². The van der Waals surface area contributed by atoms with Gasteiger partial charge in [0.2, 0.25) is 0 Å². The second-order valence-corrected chi connectivity index (χ2v) is 4.15. The Morgan fingerprint density at radius 3 is 2.89 bits per heavy atom. The maximum atomic E-state index is 13.2. The van der Waals surface area contributed by atoms with E-state index in [1.165, 1.54) is 6.07 Å². The fourth-order valence-corrected chi connectivity index (χ4v) is 1.80. The molecule has 0 fully saturated rings. The maximum Gasteiger partial charge on any atom is 0.123 e. The van der Waals surface area contributed by atoms with E-state index < -0.39 is 0 Å². The number of hydrogen-bond acceptors (Lipinski definition) is 2. The zero-order chi connectivity index (χ0) is 12.8. The summed E-state index contributed by atoms with van der Waals surface area (Å²) in [4.78, 5) is 4.03. The SMILES string of the molecule is CCCc1cc(F)ccc1OCc1cccnc1. The molecular formula is C15H16FNO. The van der Waals surface area contributed by atoms with E-state index in [-0.39, 0.29) is 5.82 Å². The number of aryl methyl sites for hydroxylation is 1. The van der Waals surface area contributed by atoms with Crippen LogP contribution in [0.5, 0.6) is 5.75 Å². The molecule has 0 aliphatic rings. The fourth-order valence-electron chi connectivity index (χ4n) is 1.80. The van der Waals surface area contributed by atoms with Crippen LogP contribution in [0.25, 0.3) is 0 Å². The van der Waals surface area contributed by atoms with E-state index in [0.29, 0.717) is 6.61 Å². The Labute approximate surface area is 106 Å². The van der Waals surface area contributed by atoms with Crippen LogP contribution in [0.3, 0.4) is 0 Å². The normalized spacial score (nSPS) is 10.3. The second kappa shape index (κ2) is 6.15. The molecule has 0 bridgehead atoms. The molecule has 2 rings (SSSR count). The summed E-state index contributed by atoms with van der Waals surface area (Å²) in [5.41, 5.74) is 1.92. The summed E-state index contributed by atoms with van der Waals surface area (Å²) in [5.74, 6) is 0.536. The largest absolute Gasteiger partial charge is 0.489 e. The highest BCUT2D eigenvalue weighted by atomic mass is 19.1. The third-order valence-corrected chi connectivity index (χ3v) is 2.66. The van der Waals surface area contributed by atoms with E-state index in [4.69, 9.17) is 4.74 Å². The molecule has 1 aromatic heterocycles. The summed E-state index contributed by atoms with van der Waals surface area (Å²) in [7, 11) is 0. The van der Waals surface area contributed by atoms with Gasteiger partial charge in [-0.3, -0.25) is 4.98 Å². The molecule has 0 amide bonds. The summed E-state index contributed by atoms with van der Waals surface area (Å²) >= 11 is 0. The van der Waals surface area contributed by atoms with E-state index in [1.807, 2.05) is 12.1 Å². The van der Waals surface area contributed by atoms with Gasteiger partial charge in [0.05, 0.1) is 0 Å². The van der Waals surface area contributed by atoms with Crippen LogP contribution in [0.15, 0.2) is 42.7 Å². The van der Waals surface area contributed by atoms with Gasteiger partial charge in [-0.25, -0.2) is 4.39 Å². The van der Waals surface area contributed by atoms with Gasteiger partial charge in [-0.2, -0.15) is 0 Å². The van der Waals surface area contributed by atoms with Crippen molar-refractivity contribution < 1.29 is 9.13 Å². The number of ether oxygens (including phenoxy) is 1. The van der Waals surface area contributed by atoms with Crippen LogP contribution in [-0.4, -0.2) is 4.98 Å². The molecule has 0 unspecified atom stereocenters. The van der Waals surface area contributed by atoms with Gasteiger partial charge in [0.15, 0.2) is 0 Å². The first-order chi connectivity index (χ1) is 8.79. The molecule has 1 aromatic carbocycles. The van der Waals surface area contributed by atoms with Crippen LogP contribution in [0.2, 0.25) is 0 Å². The highest BCUT2D eigenvalue weighted by Gasteiger charge is 2.05. The van der Waals surface area contributed by atoms with Gasteiger partial charge in [0, 0.05) is 18.0 Å². The summed E-state index contributed by atoms with van der Waals surface area (Å²) < 4.78 is 18.9. The minimum Gasteiger partial charge on any atom is -0.489 e. The molecule has 3 heteroatoms. The predicted octanol–water partition coefficient (Wildman–Crippen LogP) is 3.75. The minimum atomic E-state index is -0.216. The summed E-state index contributed by atoms with van der Waals surface area (Å²) in [6.45, 7) is 2.52. The third-order valence-electron chi connectivity index (χ3n) is 2.66. The number of halogens is 1. The molecule has 2 aromatic rings. The highest BCUT2D eigenvalue weighted by molar-refractivity contribution is 5.34. The summed E-state index contributed by atoms with van der Waals surface area (Å²) in [6.07, 6.45) is 5.28. The quantitative estimate of drug-likeness (QED) is 0.800. The number of pyridine rings is 1. The average Bonchev–Trinajstić information content (AvgIpc) is 2.39. The van der Waals surface area contributed by atoms with E-state index in [0.717, 1.165) is 29.7 Å². The molecule has 0 spiro atoms. The zero-order valence-corrected chi connectivity index (χ0v) is 10.4. The second-order valence-electron chi connectivity index (χ2n) is 4.15. The summed E-state index contributed by atoms with van der Waals surface area (Å²) in [5, 5.41) is 0. The molecule has 0 radical (unpaired) electrons. The molecule has 18 heavy (non-hydrogen) atoms. The Bertz CT molecular complexity index is 499. The van der Waals surface area contributed by atoms with Gasteiger partial charge in [0.25, 0.3) is 0 Å². The smallest absolute Gasteiger partial charge is 0.123 e. The lowest BCUT2D eigenvalue weighted by Gasteiger charge is -2.11. The lowest BCUT2D eigenvalue weighted by atomic mass is 10.1. The van der Waals surface area contributed by atoms with Crippen molar-refractivity contribution >= 4 is 0 Å². The Morgan fingerprint density at radius 1 is 1.28 bits per heavy atom. The molecule has 0 saturated carbocycles. The molecule has 2 nitrogen and oxygen atoms in total. The number of rotatable bonds is 5. The van der Waals surface area contributed by atoms with Crippen molar-refractivity contribution in [3.05, 3.63) is 59.7 Å². The lowest BCUT2D eigenvalue weighted by molar-refractivity contribution is 0.302. The summed E-state index contributed by atoms with van der Waals surface area (Å²) in [6, 6.07) is 8.49. The Balaban J connectivity index is 2.09. The van der Waals surface area contributed by atoms with Gasteiger partial charge >= 0.3 is 0 Å². The highest BCUT2D eigenvalue weighted by Crippen LogP contribution is 2.22. The molecule has 94 valence electrons. The first-order valence-corrected chi connectivity index (χ1v) is 6.09. The van der Waals surface area contributed by atoms with E-state index >= 15 is 0 Å². The van der Waals surface area contributed by atoms with Gasteiger partial charge in [0.1, 0.15) is 18.2 Å².